The average molecular weight is 468 g/mol. The molecule has 33 heavy (non-hydrogen) atoms. The molecule has 1 aromatic carbocycles. The van der Waals surface area contributed by atoms with E-state index in [4.69, 9.17) is 31.8 Å². The fraction of sp³-hybridized carbons (Fsp3) is 0.400. The van der Waals surface area contributed by atoms with Gasteiger partial charge in [-0.15, -0.1) is 0 Å². The van der Waals surface area contributed by atoms with Gasteiger partial charge in [-0.3, -0.25) is 0 Å². The molecule has 3 heterocycles. The number of anilines is 1. The summed E-state index contributed by atoms with van der Waals surface area (Å²) in [5, 5.41) is 0.360. The van der Waals surface area contributed by atoms with E-state index in [1.54, 1.807) is 18.5 Å². The third-order valence-electron chi connectivity index (χ3n) is 5.77. The Hall–Kier alpha value is -2.90. The van der Waals surface area contributed by atoms with E-state index >= 15 is 0 Å². The van der Waals surface area contributed by atoms with Gasteiger partial charge in [-0.2, -0.15) is 0 Å². The first-order chi connectivity index (χ1) is 15.7. The molecule has 0 aliphatic carbocycles. The third-order valence-corrected chi connectivity index (χ3v) is 5.97. The number of nitrogens with zero attached hydrogens (tertiary/aromatic N) is 4. The Balaban J connectivity index is 1.65. The predicted molar refractivity (Wildman–Crippen MR) is 131 cm³/mol. The first-order valence-electron chi connectivity index (χ1n) is 11.1. The van der Waals surface area contributed by atoms with Crippen LogP contribution in [0.4, 0.5) is 5.82 Å². The molecule has 4 rings (SSSR count). The topological polar surface area (TPSA) is 86.4 Å². The van der Waals surface area contributed by atoms with E-state index in [1.165, 1.54) is 16.7 Å². The molecule has 174 valence electrons. The zero-order valence-electron chi connectivity index (χ0n) is 19.7. The van der Waals surface area contributed by atoms with Gasteiger partial charge in [-0.1, -0.05) is 11.6 Å². The number of nitrogens with two attached hydrogens (primary N) is 1. The zero-order chi connectivity index (χ0) is 23.7. The summed E-state index contributed by atoms with van der Waals surface area (Å²) in [5.41, 5.74) is 12.6. The number of fused-ring (bicyclic) bond motifs is 1. The second-order valence-electron chi connectivity index (χ2n) is 8.84. The maximum absolute atomic E-state index is 6.16. The van der Waals surface area contributed by atoms with Crippen LogP contribution in [-0.4, -0.2) is 39.5 Å². The fourth-order valence-corrected chi connectivity index (χ4v) is 4.32. The molecule has 0 spiro atoms. The molecule has 1 aliphatic heterocycles. The van der Waals surface area contributed by atoms with Gasteiger partial charge < -0.3 is 20.1 Å². The minimum Gasteiger partial charge on any atom is -0.489 e. The number of aryl methyl sites for hydroxylation is 1. The van der Waals surface area contributed by atoms with Crippen molar-refractivity contribution in [2.75, 3.05) is 19.3 Å². The molecule has 0 saturated carbocycles. The summed E-state index contributed by atoms with van der Waals surface area (Å²) in [6.07, 6.45) is 3.92. The van der Waals surface area contributed by atoms with Crippen LogP contribution in [0.5, 0.6) is 11.6 Å². The van der Waals surface area contributed by atoms with Crippen LogP contribution in [0.3, 0.4) is 0 Å². The lowest BCUT2D eigenvalue weighted by Crippen LogP contribution is -2.27. The molecule has 3 aromatic rings. The summed E-state index contributed by atoms with van der Waals surface area (Å²) >= 11 is 6.14. The number of nitrogen functional groups attached to an aromatic ring is 1. The van der Waals surface area contributed by atoms with Gasteiger partial charge in [0.15, 0.2) is 5.82 Å². The van der Waals surface area contributed by atoms with Crippen molar-refractivity contribution >= 4 is 17.4 Å². The number of rotatable bonds is 6. The van der Waals surface area contributed by atoms with Gasteiger partial charge in [-0.05, 0) is 76.1 Å². The van der Waals surface area contributed by atoms with Gasteiger partial charge in [0.2, 0.25) is 0 Å². The van der Waals surface area contributed by atoms with Crippen LogP contribution in [0.2, 0.25) is 5.15 Å². The van der Waals surface area contributed by atoms with E-state index in [1.807, 2.05) is 20.8 Å². The molecule has 1 atom stereocenters. The summed E-state index contributed by atoms with van der Waals surface area (Å²) < 4.78 is 12.0. The summed E-state index contributed by atoms with van der Waals surface area (Å²) in [6.45, 7) is 9.96. The predicted octanol–water partition coefficient (Wildman–Crippen LogP) is 5.00. The lowest BCUT2D eigenvalue weighted by molar-refractivity contribution is 0.196. The number of ether oxygens (including phenoxy) is 2. The van der Waals surface area contributed by atoms with Crippen LogP contribution in [0, 0.1) is 6.92 Å². The Morgan fingerprint density at radius 2 is 1.88 bits per heavy atom. The Labute approximate surface area is 199 Å². The van der Waals surface area contributed by atoms with Crippen molar-refractivity contribution < 1.29 is 9.47 Å². The summed E-state index contributed by atoms with van der Waals surface area (Å²) in [7, 11) is 2.14. The van der Waals surface area contributed by atoms with Gasteiger partial charge in [0.1, 0.15) is 17.0 Å². The van der Waals surface area contributed by atoms with Crippen molar-refractivity contribution in [1.29, 1.82) is 0 Å². The monoisotopic (exact) mass is 467 g/mol. The number of hydrogen-bond donors (Lipinski definition) is 1. The quantitative estimate of drug-likeness (QED) is 0.510. The molecule has 8 heteroatoms. The lowest BCUT2D eigenvalue weighted by atomic mass is 9.92. The highest BCUT2D eigenvalue weighted by Crippen LogP contribution is 2.34. The highest BCUT2D eigenvalue weighted by atomic mass is 35.5. The smallest absolute Gasteiger partial charge is 0.258 e. The van der Waals surface area contributed by atoms with Crippen molar-refractivity contribution in [2.45, 2.75) is 52.9 Å². The second kappa shape index (κ2) is 9.53. The van der Waals surface area contributed by atoms with Crippen molar-refractivity contribution in [3.8, 4) is 22.9 Å². The van der Waals surface area contributed by atoms with Gasteiger partial charge in [0.25, 0.3) is 5.88 Å². The van der Waals surface area contributed by atoms with Crippen molar-refractivity contribution in [3.05, 3.63) is 58.0 Å². The molecule has 2 aromatic heterocycles. The highest BCUT2D eigenvalue weighted by molar-refractivity contribution is 6.29. The number of pyridine rings is 1. The van der Waals surface area contributed by atoms with Gasteiger partial charge in [0, 0.05) is 24.2 Å². The summed E-state index contributed by atoms with van der Waals surface area (Å²) in [5.74, 6) is 1.11. The SMILES string of the molecule is Cc1cc(-c2cnc(N)c(OC(C)c3cc(Cl)ncc3OC(C)C)n2)cc2c1CCN(C)C2. The van der Waals surface area contributed by atoms with Gasteiger partial charge >= 0.3 is 0 Å². The van der Waals surface area contributed by atoms with Crippen LogP contribution < -0.4 is 15.2 Å². The molecular weight excluding hydrogens is 438 g/mol. The Bertz CT molecular complexity index is 1170. The van der Waals surface area contributed by atoms with Crippen LogP contribution in [0.1, 0.15) is 49.1 Å². The van der Waals surface area contributed by atoms with Crippen LogP contribution in [0.15, 0.2) is 30.6 Å². The number of benzene rings is 1. The molecule has 1 unspecified atom stereocenters. The van der Waals surface area contributed by atoms with Gasteiger partial charge in [0.05, 0.1) is 24.2 Å². The molecule has 0 fully saturated rings. The third kappa shape index (κ3) is 5.20. The van der Waals surface area contributed by atoms with E-state index in [0.29, 0.717) is 10.9 Å². The summed E-state index contributed by atoms with van der Waals surface area (Å²) in [4.78, 5) is 15.5. The Morgan fingerprint density at radius 1 is 1.09 bits per heavy atom. The lowest BCUT2D eigenvalue weighted by Gasteiger charge is -2.27. The van der Waals surface area contributed by atoms with Crippen molar-refractivity contribution in [1.82, 2.24) is 19.9 Å². The van der Waals surface area contributed by atoms with E-state index in [9.17, 15) is 0 Å². The molecule has 1 aliphatic rings. The Morgan fingerprint density at radius 3 is 2.64 bits per heavy atom. The first-order valence-corrected chi connectivity index (χ1v) is 11.5. The number of likely N-dealkylation sites (N-methyl/N-ethyl adjacent to an activating group) is 1. The van der Waals surface area contributed by atoms with E-state index in [0.717, 1.165) is 36.3 Å². The molecule has 0 radical (unpaired) electrons. The number of hydrogen-bond acceptors (Lipinski definition) is 7. The highest BCUT2D eigenvalue weighted by Gasteiger charge is 2.20. The molecule has 7 nitrogen and oxygen atoms in total. The van der Waals surface area contributed by atoms with Crippen molar-refractivity contribution in [2.24, 2.45) is 0 Å². The molecular formula is C25H30ClN5O2. The fourth-order valence-electron chi connectivity index (χ4n) is 4.15. The average Bonchev–Trinajstić information content (AvgIpc) is 2.75. The van der Waals surface area contributed by atoms with E-state index < -0.39 is 6.10 Å². The minimum atomic E-state index is -0.426. The van der Waals surface area contributed by atoms with Crippen LogP contribution in [-0.2, 0) is 13.0 Å². The number of halogens is 1. The maximum Gasteiger partial charge on any atom is 0.258 e. The number of aromatic nitrogens is 3. The second-order valence-corrected chi connectivity index (χ2v) is 9.22. The molecule has 0 saturated heterocycles. The maximum atomic E-state index is 6.16. The van der Waals surface area contributed by atoms with Crippen LogP contribution >= 0.6 is 11.6 Å². The normalized spacial score (nSPS) is 14.8. The summed E-state index contributed by atoms with van der Waals surface area (Å²) in [6, 6.07) is 6.10. The zero-order valence-corrected chi connectivity index (χ0v) is 20.5. The molecule has 2 N–H and O–H groups in total. The van der Waals surface area contributed by atoms with E-state index in [2.05, 4.69) is 41.0 Å². The van der Waals surface area contributed by atoms with Gasteiger partial charge in [-0.25, -0.2) is 15.0 Å². The van der Waals surface area contributed by atoms with Crippen molar-refractivity contribution in [3.63, 3.8) is 0 Å². The van der Waals surface area contributed by atoms with E-state index in [-0.39, 0.29) is 17.8 Å². The Kier molecular flexibility index (Phi) is 6.72. The first kappa shape index (κ1) is 23.3. The van der Waals surface area contributed by atoms with Crippen LogP contribution in [0.25, 0.3) is 11.3 Å². The minimum absolute atomic E-state index is 0.0154. The largest absolute Gasteiger partial charge is 0.489 e. The standard InChI is InChI=1S/C25H30ClN5O2/c1-14(2)32-22-12-28-23(26)10-20(22)16(4)33-25-24(27)29-11-21(30-25)17-8-15(3)19-6-7-31(5)13-18(19)9-17/h8-12,14,16H,6-7,13H2,1-5H3,(H2,27,29). The molecule has 0 bridgehead atoms. The molecule has 0 amide bonds.